The van der Waals surface area contributed by atoms with Gasteiger partial charge in [-0.15, -0.1) is 0 Å². The molecule has 0 fully saturated rings. The fraction of sp³-hybridized carbons (Fsp3) is 0.261. The predicted octanol–water partition coefficient (Wildman–Crippen LogP) is 3.31. The zero-order chi connectivity index (χ0) is 21.6. The number of nitrogens with zero attached hydrogens (tertiary/aromatic N) is 2. The molecule has 160 valence electrons. The van der Waals surface area contributed by atoms with Crippen LogP contribution in [-0.2, 0) is 27.6 Å². The summed E-state index contributed by atoms with van der Waals surface area (Å²) in [5.41, 5.74) is 4.61. The van der Waals surface area contributed by atoms with Crippen molar-refractivity contribution < 1.29 is 14.3 Å². The first kappa shape index (κ1) is 21.1. The van der Waals surface area contributed by atoms with Crippen LogP contribution in [0.3, 0.4) is 0 Å². The summed E-state index contributed by atoms with van der Waals surface area (Å²) < 4.78 is 6.54. The monoisotopic (exact) mass is 436 g/mol. The average molecular weight is 437 g/mol. The largest absolute Gasteiger partial charge is 0.383 e. The SMILES string of the molecule is COCCNC(=O)Cn1nc2c(c1NC(=O)c1ccc(-c3ccccc3)cc1)CSC2. The zero-order valence-corrected chi connectivity index (χ0v) is 18.1. The van der Waals surface area contributed by atoms with Crippen molar-refractivity contribution in [3.63, 3.8) is 0 Å². The van der Waals surface area contributed by atoms with Crippen LogP contribution in [0.1, 0.15) is 21.6 Å². The van der Waals surface area contributed by atoms with Gasteiger partial charge in [0.05, 0.1) is 12.3 Å². The van der Waals surface area contributed by atoms with Crippen molar-refractivity contribution in [2.45, 2.75) is 18.1 Å². The lowest BCUT2D eigenvalue weighted by Crippen LogP contribution is -2.31. The number of benzene rings is 2. The van der Waals surface area contributed by atoms with Crippen molar-refractivity contribution in [2.24, 2.45) is 0 Å². The van der Waals surface area contributed by atoms with Gasteiger partial charge in [0, 0.05) is 36.3 Å². The molecule has 2 aromatic carbocycles. The molecule has 2 heterocycles. The first-order chi connectivity index (χ1) is 15.2. The molecule has 7 nitrogen and oxygen atoms in total. The summed E-state index contributed by atoms with van der Waals surface area (Å²) in [5, 5.41) is 10.3. The summed E-state index contributed by atoms with van der Waals surface area (Å²) in [5.74, 6) is 1.75. The third-order valence-electron chi connectivity index (χ3n) is 5.03. The number of hydrogen-bond acceptors (Lipinski definition) is 5. The summed E-state index contributed by atoms with van der Waals surface area (Å²) >= 11 is 1.75. The molecule has 4 rings (SSSR count). The van der Waals surface area contributed by atoms with Gasteiger partial charge in [0.25, 0.3) is 5.91 Å². The quantitative estimate of drug-likeness (QED) is 0.529. The first-order valence-corrected chi connectivity index (χ1v) is 11.2. The van der Waals surface area contributed by atoms with Crippen LogP contribution in [0.15, 0.2) is 54.6 Å². The summed E-state index contributed by atoms with van der Waals surface area (Å²) in [4.78, 5) is 25.2. The van der Waals surface area contributed by atoms with Crippen LogP contribution in [0.25, 0.3) is 11.1 Å². The number of rotatable bonds is 8. The van der Waals surface area contributed by atoms with Gasteiger partial charge in [-0.05, 0) is 23.3 Å². The molecule has 31 heavy (non-hydrogen) atoms. The third-order valence-corrected chi connectivity index (χ3v) is 6.00. The minimum absolute atomic E-state index is 0.0456. The van der Waals surface area contributed by atoms with E-state index in [1.807, 2.05) is 54.6 Å². The van der Waals surface area contributed by atoms with Crippen LogP contribution in [0.4, 0.5) is 5.82 Å². The Morgan fingerprint density at radius 2 is 1.81 bits per heavy atom. The average Bonchev–Trinajstić information content (AvgIpc) is 3.37. The minimum Gasteiger partial charge on any atom is -0.383 e. The summed E-state index contributed by atoms with van der Waals surface area (Å²) in [6, 6.07) is 17.5. The van der Waals surface area contributed by atoms with E-state index in [4.69, 9.17) is 4.74 Å². The summed E-state index contributed by atoms with van der Waals surface area (Å²) in [6.45, 7) is 0.923. The van der Waals surface area contributed by atoms with E-state index in [0.29, 0.717) is 24.5 Å². The molecule has 2 N–H and O–H groups in total. The molecular formula is C23H24N4O3S. The molecule has 0 atom stereocenters. The molecule has 8 heteroatoms. The maximum atomic E-state index is 12.9. The number of fused-ring (bicyclic) bond motifs is 1. The molecule has 0 radical (unpaired) electrons. The standard InChI is InChI=1S/C23H24N4O3S/c1-30-12-11-24-21(28)13-27-22(19-14-31-15-20(19)26-27)25-23(29)18-9-7-17(8-10-18)16-5-3-2-4-6-16/h2-10H,11-15H2,1H3,(H,24,28)(H,25,29). The first-order valence-electron chi connectivity index (χ1n) is 10.0. The van der Waals surface area contributed by atoms with Crippen molar-refractivity contribution in [1.29, 1.82) is 0 Å². The maximum Gasteiger partial charge on any atom is 0.256 e. The normalized spacial score (nSPS) is 12.4. The van der Waals surface area contributed by atoms with E-state index in [2.05, 4.69) is 15.7 Å². The van der Waals surface area contributed by atoms with E-state index in [9.17, 15) is 9.59 Å². The third kappa shape index (κ3) is 4.98. The van der Waals surface area contributed by atoms with Gasteiger partial charge < -0.3 is 15.4 Å². The van der Waals surface area contributed by atoms with Crippen LogP contribution in [-0.4, -0.2) is 41.9 Å². The molecule has 1 aromatic heterocycles. The molecule has 2 amide bonds. The second kappa shape index (κ2) is 9.80. The minimum atomic E-state index is -0.222. The van der Waals surface area contributed by atoms with E-state index < -0.39 is 0 Å². The Kier molecular flexibility index (Phi) is 6.69. The van der Waals surface area contributed by atoms with E-state index in [1.54, 1.807) is 23.6 Å². The number of nitrogens with one attached hydrogen (secondary N) is 2. The highest BCUT2D eigenvalue weighted by molar-refractivity contribution is 7.98. The van der Waals surface area contributed by atoms with E-state index in [1.165, 1.54) is 0 Å². The van der Waals surface area contributed by atoms with Gasteiger partial charge in [-0.25, -0.2) is 4.68 Å². The zero-order valence-electron chi connectivity index (χ0n) is 17.3. The number of methoxy groups -OCH3 is 1. The predicted molar refractivity (Wildman–Crippen MR) is 122 cm³/mol. The fourth-order valence-electron chi connectivity index (χ4n) is 3.43. The van der Waals surface area contributed by atoms with E-state index in [0.717, 1.165) is 33.9 Å². The Morgan fingerprint density at radius 3 is 2.55 bits per heavy atom. The number of ether oxygens (including phenoxy) is 1. The Hall–Kier alpha value is -3.10. The van der Waals surface area contributed by atoms with Gasteiger partial charge in [-0.1, -0.05) is 42.5 Å². The van der Waals surface area contributed by atoms with Gasteiger partial charge in [0.15, 0.2) is 0 Å². The Morgan fingerprint density at radius 1 is 1.06 bits per heavy atom. The Bertz CT molecular complexity index is 1060. The smallest absolute Gasteiger partial charge is 0.256 e. The number of carbonyl (C=O) groups excluding carboxylic acids is 2. The highest BCUT2D eigenvalue weighted by atomic mass is 32.2. The molecule has 0 saturated heterocycles. The van der Waals surface area contributed by atoms with Crippen molar-refractivity contribution in [2.75, 3.05) is 25.6 Å². The topological polar surface area (TPSA) is 85.2 Å². The Balaban J connectivity index is 1.49. The number of amides is 2. The van der Waals surface area contributed by atoms with Gasteiger partial charge in [0.1, 0.15) is 12.4 Å². The number of thioether (sulfide) groups is 1. The Labute approximate surface area is 185 Å². The molecule has 0 unspecified atom stereocenters. The maximum absolute atomic E-state index is 12.9. The van der Waals surface area contributed by atoms with Gasteiger partial charge in [-0.3, -0.25) is 9.59 Å². The second-order valence-corrected chi connectivity index (χ2v) is 8.15. The lowest BCUT2D eigenvalue weighted by Gasteiger charge is -2.12. The van der Waals surface area contributed by atoms with E-state index >= 15 is 0 Å². The summed E-state index contributed by atoms with van der Waals surface area (Å²) in [6.07, 6.45) is 0. The van der Waals surface area contributed by atoms with Crippen LogP contribution < -0.4 is 10.6 Å². The highest BCUT2D eigenvalue weighted by Crippen LogP contribution is 2.35. The fourth-order valence-corrected chi connectivity index (χ4v) is 4.46. The highest BCUT2D eigenvalue weighted by Gasteiger charge is 2.25. The van der Waals surface area contributed by atoms with Crippen LogP contribution in [0.2, 0.25) is 0 Å². The van der Waals surface area contributed by atoms with Crippen LogP contribution in [0.5, 0.6) is 0 Å². The van der Waals surface area contributed by atoms with Gasteiger partial charge in [0.2, 0.25) is 5.91 Å². The lowest BCUT2D eigenvalue weighted by molar-refractivity contribution is -0.122. The molecular weight excluding hydrogens is 412 g/mol. The molecule has 3 aromatic rings. The second-order valence-electron chi connectivity index (χ2n) is 7.16. The van der Waals surface area contributed by atoms with E-state index in [-0.39, 0.29) is 18.4 Å². The number of hydrogen-bond donors (Lipinski definition) is 2. The molecule has 1 aliphatic heterocycles. The van der Waals surface area contributed by atoms with Crippen LogP contribution >= 0.6 is 11.8 Å². The molecule has 1 aliphatic rings. The molecule has 0 spiro atoms. The molecule has 0 saturated carbocycles. The number of carbonyl (C=O) groups is 2. The lowest BCUT2D eigenvalue weighted by atomic mass is 10.0. The number of anilines is 1. The summed E-state index contributed by atoms with van der Waals surface area (Å²) in [7, 11) is 1.59. The van der Waals surface area contributed by atoms with Gasteiger partial charge >= 0.3 is 0 Å². The van der Waals surface area contributed by atoms with Crippen molar-refractivity contribution in [3.8, 4) is 11.1 Å². The van der Waals surface area contributed by atoms with Gasteiger partial charge in [-0.2, -0.15) is 16.9 Å². The number of aromatic nitrogens is 2. The molecule has 0 aliphatic carbocycles. The van der Waals surface area contributed by atoms with Crippen molar-refractivity contribution in [3.05, 3.63) is 71.4 Å². The van der Waals surface area contributed by atoms with Crippen molar-refractivity contribution in [1.82, 2.24) is 15.1 Å². The van der Waals surface area contributed by atoms with Crippen molar-refractivity contribution >= 4 is 29.4 Å². The molecule has 0 bridgehead atoms. The van der Waals surface area contributed by atoms with Crippen LogP contribution in [0, 0.1) is 0 Å².